The van der Waals surface area contributed by atoms with Crippen LogP contribution >= 0.6 is 0 Å². The number of hydrogen-bond donors (Lipinski definition) is 7. The van der Waals surface area contributed by atoms with Gasteiger partial charge in [-0.05, 0) is 44.9 Å². The van der Waals surface area contributed by atoms with Crippen molar-refractivity contribution in [1.29, 1.82) is 0 Å². The fourth-order valence-electron chi connectivity index (χ4n) is 7.60. The highest BCUT2D eigenvalue weighted by Gasteiger charge is 2.47. The zero-order valence-corrected chi connectivity index (χ0v) is 38.6. The summed E-state index contributed by atoms with van der Waals surface area (Å²) in [6, 6.07) is 0. The van der Waals surface area contributed by atoms with E-state index < -0.39 is 92.7 Å². The van der Waals surface area contributed by atoms with Gasteiger partial charge in [-0.15, -0.1) is 0 Å². The summed E-state index contributed by atoms with van der Waals surface area (Å²) in [5, 5.41) is 71.9. The molecule has 368 valence electrons. The molecule has 2 aliphatic heterocycles. The number of aliphatic hydroxyl groups is 7. The van der Waals surface area contributed by atoms with Crippen molar-refractivity contribution in [3.8, 4) is 0 Å². The van der Waals surface area contributed by atoms with Crippen molar-refractivity contribution in [2.75, 3.05) is 26.4 Å². The Balaban J connectivity index is 1.82. The van der Waals surface area contributed by atoms with E-state index in [-0.39, 0.29) is 26.1 Å². The average Bonchev–Trinajstić information content (AvgIpc) is 3.28. The smallest absolute Gasteiger partial charge is 0.306 e. The summed E-state index contributed by atoms with van der Waals surface area (Å²) >= 11 is 0. The molecule has 0 amide bonds. The molecule has 0 aliphatic carbocycles. The molecule has 4 unspecified atom stereocenters. The van der Waals surface area contributed by atoms with Gasteiger partial charge in [-0.25, -0.2) is 0 Å². The predicted molar refractivity (Wildman–Crippen MR) is 238 cm³/mol. The van der Waals surface area contributed by atoms with Gasteiger partial charge in [0.2, 0.25) is 0 Å². The first-order chi connectivity index (χ1) is 30.5. The minimum atomic E-state index is -1.76. The summed E-state index contributed by atoms with van der Waals surface area (Å²) in [4.78, 5) is 25.6. The van der Waals surface area contributed by atoms with Crippen molar-refractivity contribution < 1.29 is 73.8 Å². The van der Waals surface area contributed by atoms with Crippen LogP contribution in [0.1, 0.15) is 174 Å². The minimum Gasteiger partial charge on any atom is -0.462 e. The summed E-state index contributed by atoms with van der Waals surface area (Å²) in [6.07, 6.45) is 17.9. The first-order valence-corrected chi connectivity index (χ1v) is 24.4. The third kappa shape index (κ3) is 24.9. The van der Waals surface area contributed by atoms with Crippen LogP contribution in [0.4, 0.5) is 0 Å². The van der Waals surface area contributed by atoms with Gasteiger partial charge in [-0.3, -0.25) is 9.59 Å². The molecule has 0 radical (unpaired) electrons. The topological polar surface area (TPSA) is 231 Å². The van der Waals surface area contributed by atoms with Crippen LogP contribution in [0.5, 0.6) is 0 Å². The number of allylic oxidation sites excluding steroid dienone is 4. The number of esters is 2. The Labute approximate surface area is 377 Å². The Kier molecular flexibility index (Phi) is 32.8. The molecule has 0 saturated carbocycles. The largest absolute Gasteiger partial charge is 0.462 e. The van der Waals surface area contributed by atoms with Gasteiger partial charge < -0.3 is 64.2 Å². The van der Waals surface area contributed by atoms with Crippen LogP contribution in [0.15, 0.2) is 24.3 Å². The lowest BCUT2D eigenvalue weighted by Crippen LogP contribution is -2.61. The molecule has 0 aromatic rings. The van der Waals surface area contributed by atoms with Gasteiger partial charge in [0.05, 0.1) is 19.8 Å². The Morgan fingerprint density at radius 1 is 0.508 bits per heavy atom. The normalized spacial score (nSPS) is 27.0. The van der Waals surface area contributed by atoms with E-state index in [1.165, 1.54) is 70.6 Å². The number of aliphatic hydroxyl groups excluding tert-OH is 7. The van der Waals surface area contributed by atoms with Gasteiger partial charge in [0, 0.05) is 12.8 Å². The molecule has 63 heavy (non-hydrogen) atoms. The fraction of sp³-hybridized carbons (Fsp3) is 0.875. The standard InChI is InChI=1S/C48H86O15/c1-3-5-7-9-11-13-15-16-17-18-19-20-21-23-25-27-29-31-40(51)61-36(33-58-39(50)30-28-26-24-22-14-12-10-8-6-4-2)34-59-47-46(57)44(55)42(53)38(63-47)35-60-48-45(56)43(54)41(52)37(32-49)62-48/h11,13,16-17,36-38,41-49,52-57H,3-10,12,14-15,18-35H2,1-2H3/b13-11+,17-16+/t36-,37+,38+,41-,42-,43?,44?,45?,46?,47+,48+/m1/s1. The van der Waals surface area contributed by atoms with E-state index in [2.05, 4.69) is 38.2 Å². The second-order valence-corrected chi connectivity index (χ2v) is 17.3. The lowest BCUT2D eigenvalue weighted by molar-refractivity contribution is -0.332. The molecular formula is C48H86O15. The van der Waals surface area contributed by atoms with Crippen LogP contribution in [-0.4, -0.2) is 142 Å². The van der Waals surface area contributed by atoms with Crippen molar-refractivity contribution in [2.45, 2.75) is 242 Å². The van der Waals surface area contributed by atoms with Crippen LogP contribution in [-0.2, 0) is 38.0 Å². The van der Waals surface area contributed by atoms with E-state index in [4.69, 9.17) is 28.4 Å². The SMILES string of the molecule is CCCCC/C=C/C/C=C/CCCCCCCCCC(=O)O[C@H](COC(=O)CCCCCCCCCCCC)CO[C@H]1O[C@@H](CO[C@H]2O[C@@H](CO)[C@@H](O)C(O)C2O)[C@@H](O)C(O)C1O. The maximum atomic E-state index is 13.0. The first-order valence-electron chi connectivity index (χ1n) is 24.4. The highest BCUT2D eigenvalue weighted by atomic mass is 16.7. The maximum absolute atomic E-state index is 13.0. The van der Waals surface area contributed by atoms with E-state index in [1.54, 1.807) is 0 Å². The second-order valence-electron chi connectivity index (χ2n) is 17.3. The fourth-order valence-corrected chi connectivity index (χ4v) is 7.60. The van der Waals surface area contributed by atoms with Gasteiger partial charge >= 0.3 is 11.9 Å². The molecule has 0 aromatic heterocycles. The van der Waals surface area contributed by atoms with Crippen molar-refractivity contribution in [3.63, 3.8) is 0 Å². The van der Waals surface area contributed by atoms with Crippen molar-refractivity contribution in [1.82, 2.24) is 0 Å². The number of unbranched alkanes of at least 4 members (excludes halogenated alkanes) is 19. The third-order valence-electron chi connectivity index (χ3n) is 11.7. The van der Waals surface area contributed by atoms with Crippen molar-refractivity contribution in [3.05, 3.63) is 24.3 Å². The van der Waals surface area contributed by atoms with Gasteiger partial charge in [-0.2, -0.15) is 0 Å². The van der Waals surface area contributed by atoms with E-state index in [1.807, 2.05) is 0 Å². The first kappa shape index (κ1) is 57.1. The minimum absolute atomic E-state index is 0.158. The Bertz CT molecular complexity index is 1200. The third-order valence-corrected chi connectivity index (χ3v) is 11.7. The molecule has 2 saturated heterocycles. The molecule has 11 atom stereocenters. The molecule has 15 heteroatoms. The van der Waals surface area contributed by atoms with E-state index in [9.17, 15) is 45.3 Å². The lowest BCUT2D eigenvalue weighted by Gasteiger charge is -2.42. The van der Waals surface area contributed by atoms with Gasteiger partial charge in [-0.1, -0.05) is 141 Å². The number of hydrogen-bond acceptors (Lipinski definition) is 15. The number of carbonyl (C=O) groups is 2. The zero-order chi connectivity index (χ0) is 46.1. The number of ether oxygens (including phenoxy) is 6. The molecule has 15 nitrogen and oxygen atoms in total. The summed E-state index contributed by atoms with van der Waals surface area (Å²) in [7, 11) is 0. The predicted octanol–water partition coefficient (Wildman–Crippen LogP) is 5.99. The van der Waals surface area contributed by atoms with Crippen molar-refractivity contribution in [2.24, 2.45) is 0 Å². The molecule has 2 aliphatic rings. The Morgan fingerprint density at radius 3 is 1.51 bits per heavy atom. The van der Waals surface area contributed by atoms with Gasteiger partial charge in [0.1, 0.15) is 55.4 Å². The highest BCUT2D eigenvalue weighted by Crippen LogP contribution is 2.26. The summed E-state index contributed by atoms with van der Waals surface area (Å²) in [6.45, 7) is 2.54. The summed E-state index contributed by atoms with van der Waals surface area (Å²) in [5.41, 5.74) is 0. The molecule has 2 fully saturated rings. The molecule has 0 spiro atoms. The quantitative estimate of drug-likeness (QED) is 0.0216. The van der Waals surface area contributed by atoms with E-state index in [0.717, 1.165) is 64.2 Å². The molecule has 0 bridgehead atoms. The number of carbonyl (C=O) groups excluding carboxylic acids is 2. The zero-order valence-electron chi connectivity index (χ0n) is 38.6. The summed E-state index contributed by atoms with van der Waals surface area (Å²) in [5.74, 6) is -0.932. The van der Waals surface area contributed by atoms with Crippen LogP contribution < -0.4 is 0 Å². The molecule has 0 aromatic carbocycles. The van der Waals surface area contributed by atoms with Gasteiger partial charge in [0.15, 0.2) is 18.7 Å². The monoisotopic (exact) mass is 903 g/mol. The van der Waals surface area contributed by atoms with Crippen LogP contribution in [0.2, 0.25) is 0 Å². The lowest BCUT2D eigenvalue weighted by atomic mass is 9.98. The van der Waals surface area contributed by atoms with E-state index >= 15 is 0 Å². The molecular weight excluding hydrogens is 817 g/mol. The molecule has 2 rings (SSSR count). The molecule has 7 N–H and O–H groups in total. The Hall–Kier alpha value is -2.02. The number of rotatable bonds is 37. The second kappa shape index (κ2) is 36.1. The van der Waals surface area contributed by atoms with Crippen LogP contribution in [0, 0.1) is 0 Å². The van der Waals surface area contributed by atoms with Crippen molar-refractivity contribution >= 4 is 11.9 Å². The highest BCUT2D eigenvalue weighted by molar-refractivity contribution is 5.70. The van der Waals surface area contributed by atoms with Gasteiger partial charge in [0.25, 0.3) is 0 Å². The molecule has 2 heterocycles. The van der Waals surface area contributed by atoms with Crippen LogP contribution in [0.3, 0.4) is 0 Å². The summed E-state index contributed by atoms with van der Waals surface area (Å²) < 4.78 is 33.5. The average molecular weight is 903 g/mol. The Morgan fingerprint density at radius 2 is 0.952 bits per heavy atom. The van der Waals surface area contributed by atoms with Crippen LogP contribution in [0.25, 0.3) is 0 Å². The van der Waals surface area contributed by atoms with E-state index in [0.29, 0.717) is 12.8 Å². The maximum Gasteiger partial charge on any atom is 0.306 e.